The van der Waals surface area contributed by atoms with Crippen LogP contribution >= 0.6 is 0 Å². The van der Waals surface area contributed by atoms with Crippen LogP contribution in [0, 0.1) is 0 Å². The number of para-hydroxylation sites is 1. The molecule has 0 radical (unpaired) electrons. The van der Waals surface area contributed by atoms with Gasteiger partial charge in [-0.1, -0.05) is 23.4 Å². The van der Waals surface area contributed by atoms with Gasteiger partial charge in [-0.15, -0.1) is 5.10 Å². The zero-order valence-electron chi connectivity index (χ0n) is 17.6. The van der Waals surface area contributed by atoms with Crippen molar-refractivity contribution in [2.45, 2.75) is 37.8 Å². The summed E-state index contributed by atoms with van der Waals surface area (Å²) in [6, 6.07) is 6.40. The first-order chi connectivity index (χ1) is 15.3. The van der Waals surface area contributed by atoms with Gasteiger partial charge in [0.05, 0.1) is 30.8 Å². The Morgan fingerprint density at radius 2 is 1.91 bits per heavy atom. The van der Waals surface area contributed by atoms with Gasteiger partial charge < -0.3 is 9.80 Å². The number of rotatable bonds is 4. The molecule has 1 aromatic carbocycles. The van der Waals surface area contributed by atoms with E-state index in [4.69, 9.17) is 0 Å². The maximum atomic E-state index is 14.4. The first-order valence-corrected chi connectivity index (χ1v) is 10.6. The molecule has 2 aromatic heterocycles. The predicted molar refractivity (Wildman–Crippen MR) is 110 cm³/mol. The average molecular weight is 443 g/mol. The van der Waals surface area contributed by atoms with Crippen LogP contribution in [0.25, 0.3) is 10.9 Å². The Kier molecular flexibility index (Phi) is 4.90. The molecule has 2 aliphatic heterocycles. The van der Waals surface area contributed by atoms with E-state index in [0.29, 0.717) is 18.5 Å². The molecule has 0 spiro atoms. The minimum atomic E-state index is -3.01. The second-order valence-corrected chi connectivity index (χ2v) is 8.46. The molecule has 4 heterocycles. The third-order valence-corrected chi connectivity index (χ3v) is 6.15. The van der Waals surface area contributed by atoms with Crippen molar-refractivity contribution in [2.24, 2.45) is 7.05 Å². The summed E-state index contributed by atoms with van der Waals surface area (Å²) in [5.74, 6) is -3.77. The normalized spacial score (nSPS) is 20.4. The van der Waals surface area contributed by atoms with Gasteiger partial charge in [-0.25, -0.2) is 13.5 Å². The van der Waals surface area contributed by atoms with Crippen LogP contribution in [0.5, 0.6) is 0 Å². The first-order valence-electron chi connectivity index (χ1n) is 10.6. The summed E-state index contributed by atoms with van der Waals surface area (Å²) < 4.78 is 31.6. The average Bonchev–Trinajstić information content (AvgIpc) is 3.55. The SMILES string of the molecule is Cn1nc(C(=O)N2CC(F)(F)CC2Cn2cc(C(=O)N3CCCC3)nn2)c2ccccc21. The highest BCUT2D eigenvalue weighted by molar-refractivity contribution is 6.05. The monoisotopic (exact) mass is 443 g/mol. The highest BCUT2D eigenvalue weighted by Crippen LogP contribution is 2.34. The highest BCUT2D eigenvalue weighted by Gasteiger charge is 2.48. The number of hydrogen-bond acceptors (Lipinski definition) is 5. The topological polar surface area (TPSA) is 89.2 Å². The van der Waals surface area contributed by atoms with Crippen molar-refractivity contribution in [3.8, 4) is 0 Å². The molecule has 168 valence electrons. The maximum Gasteiger partial charge on any atom is 0.276 e. The second-order valence-electron chi connectivity index (χ2n) is 8.46. The summed E-state index contributed by atoms with van der Waals surface area (Å²) in [4.78, 5) is 28.6. The van der Waals surface area contributed by atoms with Crippen molar-refractivity contribution in [1.29, 1.82) is 0 Å². The van der Waals surface area contributed by atoms with Crippen LogP contribution in [-0.2, 0) is 13.6 Å². The Bertz CT molecular complexity index is 1180. The molecule has 32 heavy (non-hydrogen) atoms. The van der Waals surface area contributed by atoms with Crippen molar-refractivity contribution in [3.63, 3.8) is 0 Å². The van der Waals surface area contributed by atoms with Gasteiger partial charge in [0.15, 0.2) is 11.4 Å². The molecular formula is C21H23F2N7O2. The Morgan fingerprint density at radius 1 is 1.16 bits per heavy atom. The maximum absolute atomic E-state index is 14.4. The Hall–Kier alpha value is -3.37. The van der Waals surface area contributed by atoms with Crippen molar-refractivity contribution >= 4 is 22.7 Å². The molecule has 2 aliphatic rings. The lowest BCUT2D eigenvalue weighted by Crippen LogP contribution is -2.39. The number of aryl methyl sites for hydroxylation is 1. The quantitative estimate of drug-likeness (QED) is 0.615. The zero-order valence-corrected chi connectivity index (χ0v) is 17.6. The third-order valence-electron chi connectivity index (χ3n) is 6.15. The summed E-state index contributed by atoms with van der Waals surface area (Å²) in [5.41, 5.74) is 1.08. The van der Waals surface area contributed by atoms with Crippen molar-refractivity contribution in [2.75, 3.05) is 19.6 Å². The number of halogens is 2. The number of carbonyl (C=O) groups excluding carboxylic acids is 2. The first kappa shape index (κ1) is 20.5. The lowest BCUT2D eigenvalue weighted by atomic mass is 10.1. The van der Waals surface area contributed by atoms with Crippen LogP contribution in [0.15, 0.2) is 30.5 Å². The van der Waals surface area contributed by atoms with Gasteiger partial charge >= 0.3 is 0 Å². The van der Waals surface area contributed by atoms with Gasteiger partial charge in [-0.2, -0.15) is 5.10 Å². The van der Waals surface area contributed by atoms with E-state index in [1.54, 1.807) is 28.8 Å². The van der Waals surface area contributed by atoms with Gasteiger partial charge in [0.2, 0.25) is 0 Å². The standard InChI is InChI=1S/C21H23F2N7O2/c1-27-17-7-3-2-6-15(17)18(25-27)20(32)30-13-21(22,23)10-14(30)11-29-12-16(24-26-29)19(31)28-8-4-5-9-28/h2-3,6-7,12,14H,4-5,8-11,13H2,1H3. The number of nitrogens with zero attached hydrogens (tertiary/aromatic N) is 7. The number of carbonyl (C=O) groups is 2. The minimum Gasteiger partial charge on any atom is -0.337 e. The van der Waals surface area contributed by atoms with Gasteiger partial charge in [-0.3, -0.25) is 14.3 Å². The summed E-state index contributed by atoms with van der Waals surface area (Å²) in [7, 11) is 1.71. The van der Waals surface area contributed by atoms with E-state index < -0.39 is 30.8 Å². The number of aromatic nitrogens is 5. The van der Waals surface area contributed by atoms with Gasteiger partial charge in [0.1, 0.15) is 0 Å². The fourth-order valence-electron chi connectivity index (χ4n) is 4.59. The molecule has 3 aromatic rings. The molecule has 0 saturated carbocycles. The van der Waals surface area contributed by atoms with Crippen LogP contribution in [0.4, 0.5) is 8.78 Å². The van der Waals surface area contributed by atoms with E-state index >= 15 is 0 Å². The van der Waals surface area contributed by atoms with E-state index in [9.17, 15) is 18.4 Å². The Morgan fingerprint density at radius 3 is 2.69 bits per heavy atom. The van der Waals surface area contributed by atoms with E-state index in [-0.39, 0.29) is 23.8 Å². The number of likely N-dealkylation sites (tertiary alicyclic amines) is 2. The number of benzene rings is 1. The largest absolute Gasteiger partial charge is 0.337 e. The van der Waals surface area contributed by atoms with Crippen LogP contribution in [-0.4, -0.2) is 78.0 Å². The molecular weight excluding hydrogens is 420 g/mol. The Labute approximate surface area is 182 Å². The third kappa shape index (κ3) is 3.61. The molecule has 1 atom stereocenters. The van der Waals surface area contributed by atoms with Crippen LogP contribution in [0.2, 0.25) is 0 Å². The molecule has 0 N–H and O–H groups in total. The molecule has 0 bridgehead atoms. The minimum absolute atomic E-state index is 0.0202. The van der Waals surface area contributed by atoms with E-state index in [0.717, 1.165) is 18.4 Å². The Balaban J connectivity index is 1.38. The van der Waals surface area contributed by atoms with Gasteiger partial charge in [0, 0.05) is 31.9 Å². The second kappa shape index (κ2) is 7.64. The highest BCUT2D eigenvalue weighted by atomic mass is 19.3. The molecule has 2 fully saturated rings. The number of alkyl halides is 2. The lowest BCUT2D eigenvalue weighted by Gasteiger charge is -2.23. The van der Waals surface area contributed by atoms with E-state index in [1.807, 2.05) is 12.1 Å². The van der Waals surface area contributed by atoms with Crippen LogP contribution < -0.4 is 0 Å². The van der Waals surface area contributed by atoms with Crippen molar-refractivity contribution in [3.05, 3.63) is 41.9 Å². The van der Waals surface area contributed by atoms with Crippen molar-refractivity contribution in [1.82, 2.24) is 34.6 Å². The number of amides is 2. The van der Waals surface area contributed by atoms with Gasteiger partial charge in [0.25, 0.3) is 17.7 Å². The fraction of sp³-hybridized carbons (Fsp3) is 0.476. The summed E-state index contributed by atoms with van der Waals surface area (Å²) in [5, 5.41) is 12.8. The summed E-state index contributed by atoms with van der Waals surface area (Å²) >= 11 is 0. The molecule has 2 saturated heterocycles. The van der Waals surface area contributed by atoms with E-state index in [2.05, 4.69) is 15.4 Å². The van der Waals surface area contributed by atoms with Crippen LogP contribution in [0.1, 0.15) is 40.2 Å². The molecule has 5 rings (SSSR count). The predicted octanol–water partition coefficient (Wildman–Crippen LogP) is 1.95. The van der Waals surface area contributed by atoms with Gasteiger partial charge in [-0.05, 0) is 18.9 Å². The van der Waals surface area contributed by atoms with E-state index in [1.165, 1.54) is 15.8 Å². The lowest BCUT2D eigenvalue weighted by molar-refractivity contribution is 0.0117. The molecule has 9 nitrogen and oxygen atoms in total. The molecule has 0 aliphatic carbocycles. The number of hydrogen-bond donors (Lipinski definition) is 0. The smallest absolute Gasteiger partial charge is 0.276 e. The number of fused-ring (bicyclic) bond motifs is 1. The molecule has 11 heteroatoms. The van der Waals surface area contributed by atoms with Crippen molar-refractivity contribution < 1.29 is 18.4 Å². The summed E-state index contributed by atoms with van der Waals surface area (Å²) in [6.07, 6.45) is 2.89. The molecule has 1 unspecified atom stereocenters. The summed E-state index contributed by atoms with van der Waals surface area (Å²) in [6.45, 7) is 0.698. The van der Waals surface area contributed by atoms with Crippen LogP contribution in [0.3, 0.4) is 0 Å². The zero-order chi connectivity index (χ0) is 22.5. The molecule has 2 amide bonds. The fourth-order valence-corrected chi connectivity index (χ4v) is 4.59.